The average molecular weight is 332 g/mol. The van der Waals surface area contributed by atoms with Crippen molar-refractivity contribution in [3.8, 4) is 0 Å². The molecule has 1 amide bonds. The fourth-order valence-electron chi connectivity index (χ4n) is 3.57. The topological polar surface area (TPSA) is 42.0 Å². The molecule has 0 bridgehead atoms. The Bertz CT molecular complexity index is 517. The molecule has 0 N–H and O–H groups in total. The van der Waals surface area contributed by atoms with Gasteiger partial charge in [0.05, 0.1) is 19.8 Å². The molecule has 2 saturated heterocycles. The van der Waals surface area contributed by atoms with E-state index in [1.54, 1.807) is 0 Å². The molecule has 2 aliphatic heterocycles. The molecule has 0 aliphatic carbocycles. The molecule has 5 nitrogen and oxygen atoms in total. The van der Waals surface area contributed by atoms with E-state index in [0.29, 0.717) is 25.7 Å². The molecular weight excluding hydrogens is 304 g/mol. The van der Waals surface area contributed by atoms with Gasteiger partial charge in [0.1, 0.15) is 0 Å². The Labute approximate surface area is 144 Å². The molecule has 5 heteroatoms. The maximum atomic E-state index is 12.6. The van der Waals surface area contributed by atoms with Crippen LogP contribution in [0.4, 0.5) is 0 Å². The summed E-state index contributed by atoms with van der Waals surface area (Å²) in [5.41, 5.74) is 1.36. The van der Waals surface area contributed by atoms with Crippen molar-refractivity contribution in [3.05, 3.63) is 35.9 Å². The van der Waals surface area contributed by atoms with Crippen molar-refractivity contribution in [3.63, 3.8) is 0 Å². The highest BCUT2D eigenvalue weighted by Gasteiger charge is 2.30. The van der Waals surface area contributed by atoms with E-state index in [-0.39, 0.29) is 5.91 Å². The van der Waals surface area contributed by atoms with E-state index in [1.807, 2.05) is 11.8 Å². The molecule has 2 fully saturated rings. The second-order valence-electron chi connectivity index (χ2n) is 6.69. The van der Waals surface area contributed by atoms with E-state index >= 15 is 0 Å². The highest BCUT2D eigenvalue weighted by atomic mass is 16.6. The summed E-state index contributed by atoms with van der Waals surface area (Å²) in [5.74, 6) is 0.626. The number of ether oxygens (including phenoxy) is 2. The Kier molecular flexibility index (Phi) is 6.24. The predicted octanol–water partition coefficient (Wildman–Crippen LogP) is 1.77. The van der Waals surface area contributed by atoms with Crippen LogP contribution in [0.2, 0.25) is 0 Å². The number of likely N-dealkylation sites (tertiary alicyclic amines) is 1. The third-order valence-corrected chi connectivity index (χ3v) is 4.88. The lowest BCUT2D eigenvalue weighted by atomic mass is 10.1. The smallest absolute Gasteiger partial charge is 0.254 e. The highest BCUT2D eigenvalue weighted by Crippen LogP contribution is 2.20. The summed E-state index contributed by atoms with van der Waals surface area (Å²) in [7, 11) is 0. The minimum absolute atomic E-state index is 0.0821. The van der Waals surface area contributed by atoms with Gasteiger partial charge < -0.3 is 14.4 Å². The first-order valence-corrected chi connectivity index (χ1v) is 9.00. The van der Waals surface area contributed by atoms with Crippen LogP contribution in [0.15, 0.2) is 30.3 Å². The van der Waals surface area contributed by atoms with Crippen LogP contribution in [0.3, 0.4) is 0 Å². The molecular formula is C19H28N2O3. The number of carbonyl (C=O) groups is 1. The number of rotatable bonds is 6. The Morgan fingerprint density at radius 1 is 1.29 bits per heavy atom. The standard InChI is InChI=1S/C19H28N2O3/c1-2-21(19(22)18-15-23-10-11-24-18)14-17-8-9-20(13-17)12-16-6-4-3-5-7-16/h3-7,17-18H,2,8-15H2,1H3. The van der Waals surface area contributed by atoms with Crippen LogP contribution < -0.4 is 0 Å². The van der Waals surface area contributed by atoms with E-state index in [4.69, 9.17) is 9.47 Å². The zero-order chi connectivity index (χ0) is 16.8. The van der Waals surface area contributed by atoms with E-state index in [1.165, 1.54) is 5.56 Å². The van der Waals surface area contributed by atoms with Gasteiger partial charge in [-0.25, -0.2) is 0 Å². The maximum absolute atomic E-state index is 12.6. The zero-order valence-corrected chi connectivity index (χ0v) is 14.5. The molecule has 24 heavy (non-hydrogen) atoms. The first-order chi connectivity index (χ1) is 11.8. The number of hydrogen-bond acceptors (Lipinski definition) is 4. The van der Waals surface area contributed by atoms with Crippen molar-refractivity contribution >= 4 is 5.91 Å². The quantitative estimate of drug-likeness (QED) is 0.796. The van der Waals surface area contributed by atoms with Gasteiger partial charge in [-0.05, 0) is 31.4 Å². The van der Waals surface area contributed by atoms with Crippen molar-refractivity contribution in [1.82, 2.24) is 9.80 Å². The monoisotopic (exact) mass is 332 g/mol. The van der Waals surface area contributed by atoms with Gasteiger partial charge in [-0.3, -0.25) is 9.69 Å². The second kappa shape index (κ2) is 8.60. The Balaban J connectivity index is 1.48. The van der Waals surface area contributed by atoms with Gasteiger partial charge in [0.15, 0.2) is 6.10 Å². The summed E-state index contributed by atoms with van der Waals surface area (Å²) >= 11 is 0. The highest BCUT2D eigenvalue weighted by molar-refractivity contribution is 5.81. The molecule has 1 aromatic carbocycles. The number of hydrogen-bond donors (Lipinski definition) is 0. The lowest BCUT2D eigenvalue weighted by molar-refractivity contribution is -0.158. The SMILES string of the molecule is CCN(CC1CCN(Cc2ccccc2)C1)C(=O)C1COCCO1. The maximum Gasteiger partial charge on any atom is 0.254 e. The van der Waals surface area contributed by atoms with E-state index in [0.717, 1.165) is 39.1 Å². The normalized spacial score (nSPS) is 24.9. The molecule has 2 unspecified atom stereocenters. The predicted molar refractivity (Wildman–Crippen MR) is 92.6 cm³/mol. The van der Waals surface area contributed by atoms with Crippen LogP contribution in [0.5, 0.6) is 0 Å². The molecule has 2 aliphatic rings. The van der Waals surface area contributed by atoms with Crippen LogP contribution in [-0.4, -0.2) is 67.8 Å². The lowest BCUT2D eigenvalue weighted by Crippen LogP contribution is -2.47. The molecule has 2 atom stereocenters. The van der Waals surface area contributed by atoms with Crippen LogP contribution >= 0.6 is 0 Å². The molecule has 2 heterocycles. The molecule has 1 aromatic rings. The molecule has 132 valence electrons. The summed E-state index contributed by atoms with van der Waals surface area (Å²) in [6.45, 7) is 8.24. The van der Waals surface area contributed by atoms with Gasteiger partial charge in [-0.2, -0.15) is 0 Å². The first kappa shape index (κ1) is 17.4. The van der Waals surface area contributed by atoms with Crippen molar-refractivity contribution < 1.29 is 14.3 Å². The fourth-order valence-corrected chi connectivity index (χ4v) is 3.57. The van der Waals surface area contributed by atoms with Crippen molar-refractivity contribution in [2.75, 3.05) is 46.0 Å². The molecule has 0 radical (unpaired) electrons. The first-order valence-electron chi connectivity index (χ1n) is 9.00. The van der Waals surface area contributed by atoms with Gasteiger partial charge in [0.2, 0.25) is 0 Å². The number of carbonyl (C=O) groups excluding carboxylic acids is 1. The minimum atomic E-state index is -0.416. The van der Waals surface area contributed by atoms with Gasteiger partial charge >= 0.3 is 0 Å². The van der Waals surface area contributed by atoms with Gasteiger partial charge in [-0.15, -0.1) is 0 Å². The third kappa shape index (κ3) is 4.56. The zero-order valence-electron chi connectivity index (χ0n) is 14.5. The molecule has 0 aromatic heterocycles. The summed E-state index contributed by atoms with van der Waals surface area (Å²) in [6.07, 6.45) is 0.735. The number of likely N-dealkylation sites (N-methyl/N-ethyl adjacent to an activating group) is 1. The number of benzene rings is 1. The van der Waals surface area contributed by atoms with Gasteiger partial charge in [0.25, 0.3) is 5.91 Å². The second-order valence-corrected chi connectivity index (χ2v) is 6.69. The summed E-state index contributed by atoms with van der Waals surface area (Å²) in [4.78, 5) is 17.0. The lowest BCUT2D eigenvalue weighted by Gasteiger charge is -2.30. The largest absolute Gasteiger partial charge is 0.376 e. The third-order valence-electron chi connectivity index (χ3n) is 4.88. The molecule has 0 saturated carbocycles. The fraction of sp³-hybridized carbons (Fsp3) is 0.632. The van der Waals surface area contributed by atoms with Crippen LogP contribution in [0.1, 0.15) is 18.9 Å². The van der Waals surface area contributed by atoms with Crippen molar-refractivity contribution in [2.45, 2.75) is 26.0 Å². The van der Waals surface area contributed by atoms with Crippen LogP contribution in [0, 0.1) is 5.92 Å². The Morgan fingerprint density at radius 3 is 2.83 bits per heavy atom. The van der Waals surface area contributed by atoms with Crippen LogP contribution in [-0.2, 0) is 20.8 Å². The Morgan fingerprint density at radius 2 is 2.12 bits per heavy atom. The molecule has 3 rings (SSSR count). The van der Waals surface area contributed by atoms with E-state index < -0.39 is 6.10 Å². The average Bonchev–Trinajstić information content (AvgIpc) is 3.07. The van der Waals surface area contributed by atoms with Crippen molar-refractivity contribution in [2.24, 2.45) is 5.92 Å². The summed E-state index contributed by atoms with van der Waals surface area (Å²) in [6, 6.07) is 10.6. The summed E-state index contributed by atoms with van der Waals surface area (Å²) < 4.78 is 10.9. The Hall–Kier alpha value is -1.43. The van der Waals surface area contributed by atoms with Gasteiger partial charge in [0, 0.05) is 26.2 Å². The molecule has 0 spiro atoms. The van der Waals surface area contributed by atoms with Crippen LogP contribution in [0.25, 0.3) is 0 Å². The number of amides is 1. The van der Waals surface area contributed by atoms with E-state index in [9.17, 15) is 4.79 Å². The number of nitrogens with zero attached hydrogens (tertiary/aromatic N) is 2. The van der Waals surface area contributed by atoms with Gasteiger partial charge in [-0.1, -0.05) is 30.3 Å². The van der Waals surface area contributed by atoms with Crippen molar-refractivity contribution in [1.29, 1.82) is 0 Å². The summed E-state index contributed by atoms with van der Waals surface area (Å²) in [5, 5.41) is 0. The minimum Gasteiger partial charge on any atom is -0.376 e. The van der Waals surface area contributed by atoms with E-state index in [2.05, 4.69) is 35.2 Å².